The standard InChI is InChI=1S/C6H7N5S3/c1-7-5-4(10-11-13-5)2-12-6-8-3-9-14-6/h3,7H,2H2,1H3. The molecule has 0 atom stereocenters. The van der Waals surface area contributed by atoms with Gasteiger partial charge in [-0.3, -0.25) is 0 Å². The van der Waals surface area contributed by atoms with Crippen LogP contribution in [0.25, 0.3) is 0 Å². The highest BCUT2D eigenvalue weighted by atomic mass is 32.2. The average molecular weight is 245 g/mol. The third-order valence-electron chi connectivity index (χ3n) is 1.46. The lowest BCUT2D eigenvalue weighted by Gasteiger charge is -1.96. The van der Waals surface area contributed by atoms with Gasteiger partial charge >= 0.3 is 0 Å². The van der Waals surface area contributed by atoms with Crippen LogP contribution in [0.3, 0.4) is 0 Å². The number of hydrogen-bond acceptors (Lipinski definition) is 8. The van der Waals surface area contributed by atoms with Gasteiger partial charge in [-0.15, -0.1) is 5.10 Å². The molecule has 0 fully saturated rings. The Balaban J connectivity index is 1.98. The van der Waals surface area contributed by atoms with E-state index in [0.717, 1.165) is 20.8 Å². The Morgan fingerprint density at radius 3 is 3.14 bits per heavy atom. The SMILES string of the molecule is CNc1snnc1CSc1ncns1. The smallest absolute Gasteiger partial charge is 0.170 e. The van der Waals surface area contributed by atoms with Crippen molar-refractivity contribution in [1.82, 2.24) is 18.9 Å². The van der Waals surface area contributed by atoms with Gasteiger partial charge in [-0.2, -0.15) is 4.37 Å². The lowest BCUT2D eigenvalue weighted by Crippen LogP contribution is -1.90. The Labute approximate surface area is 93.3 Å². The minimum absolute atomic E-state index is 0.780. The molecule has 74 valence electrons. The Hall–Kier alpha value is -0.730. The van der Waals surface area contributed by atoms with Crippen LogP contribution in [-0.4, -0.2) is 26.0 Å². The van der Waals surface area contributed by atoms with Crippen LogP contribution >= 0.6 is 34.8 Å². The van der Waals surface area contributed by atoms with Crippen molar-refractivity contribution in [3.8, 4) is 0 Å². The Bertz CT molecular complexity index is 384. The van der Waals surface area contributed by atoms with Crippen LogP contribution < -0.4 is 5.32 Å². The van der Waals surface area contributed by atoms with Crippen molar-refractivity contribution in [3.05, 3.63) is 12.0 Å². The molecule has 0 radical (unpaired) electrons. The predicted octanol–water partition coefficient (Wildman–Crippen LogP) is 1.72. The van der Waals surface area contributed by atoms with E-state index in [1.807, 2.05) is 7.05 Å². The van der Waals surface area contributed by atoms with Gasteiger partial charge < -0.3 is 5.32 Å². The van der Waals surface area contributed by atoms with Crippen molar-refractivity contribution in [2.45, 2.75) is 10.1 Å². The van der Waals surface area contributed by atoms with Crippen LogP contribution in [0.2, 0.25) is 0 Å². The summed E-state index contributed by atoms with van der Waals surface area (Å²) >= 11 is 4.39. The fourth-order valence-electron chi connectivity index (χ4n) is 0.850. The highest BCUT2D eigenvalue weighted by Crippen LogP contribution is 2.27. The molecule has 0 unspecified atom stereocenters. The van der Waals surface area contributed by atoms with E-state index >= 15 is 0 Å². The summed E-state index contributed by atoms with van der Waals surface area (Å²) in [6.07, 6.45) is 1.56. The number of rotatable bonds is 4. The number of nitrogens with zero attached hydrogens (tertiary/aromatic N) is 4. The number of aromatic nitrogens is 4. The van der Waals surface area contributed by atoms with Gasteiger partial charge in [0.05, 0.1) is 0 Å². The van der Waals surface area contributed by atoms with Gasteiger partial charge in [0.15, 0.2) is 4.34 Å². The van der Waals surface area contributed by atoms with E-state index in [0.29, 0.717) is 0 Å². The van der Waals surface area contributed by atoms with Crippen LogP contribution in [0, 0.1) is 0 Å². The quantitative estimate of drug-likeness (QED) is 0.828. The second-order valence-electron chi connectivity index (χ2n) is 2.29. The zero-order valence-electron chi connectivity index (χ0n) is 7.30. The molecule has 5 nitrogen and oxygen atoms in total. The second kappa shape index (κ2) is 4.67. The average Bonchev–Trinajstić information content (AvgIpc) is 2.85. The lowest BCUT2D eigenvalue weighted by atomic mass is 10.5. The summed E-state index contributed by atoms with van der Waals surface area (Å²) in [5, 5.41) is 8.10. The van der Waals surface area contributed by atoms with E-state index in [1.165, 1.54) is 23.1 Å². The molecule has 0 aliphatic heterocycles. The summed E-state index contributed by atoms with van der Waals surface area (Å²) in [4.78, 5) is 4.08. The first-order valence-corrected chi connectivity index (χ1v) is 6.32. The van der Waals surface area contributed by atoms with E-state index in [-0.39, 0.29) is 0 Å². The molecule has 0 aliphatic rings. The normalized spacial score (nSPS) is 10.4. The predicted molar refractivity (Wildman–Crippen MR) is 58.9 cm³/mol. The third kappa shape index (κ3) is 2.20. The number of thioether (sulfide) groups is 1. The van der Waals surface area contributed by atoms with E-state index in [9.17, 15) is 0 Å². The molecule has 0 saturated carbocycles. The Kier molecular flexibility index (Phi) is 3.27. The molecule has 14 heavy (non-hydrogen) atoms. The molecule has 0 aliphatic carbocycles. The van der Waals surface area contributed by atoms with Crippen LogP contribution in [-0.2, 0) is 5.75 Å². The third-order valence-corrected chi connectivity index (χ3v) is 4.05. The van der Waals surface area contributed by atoms with Crippen molar-refractivity contribution < 1.29 is 0 Å². The topological polar surface area (TPSA) is 63.6 Å². The lowest BCUT2D eigenvalue weighted by molar-refractivity contribution is 1.07. The summed E-state index contributed by atoms with van der Waals surface area (Å²) in [5.41, 5.74) is 0.970. The highest BCUT2D eigenvalue weighted by Gasteiger charge is 2.07. The summed E-state index contributed by atoms with van der Waals surface area (Å²) in [6, 6.07) is 0. The first-order valence-electron chi connectivity index (χ1n) is 3.78. The molecule has 0 saturated heterocycles. The van der Waals surface area contributed by atoms with Gasteiger partial charge in [-0.1, -0.05) is 16.3 Å². The van der Waals surface area contributed by atoms with E-state index in [1.54, 1.807) is 18.1 Å². The molecule has 2 aromatic rings. The van der Waals surface area contributed by atoms with Crippen LogP contribution in [0.15, 0.2) is 10.7 Å². The van der Waals surface area contributed by atoms with Gasteiger partial charge in [0.1, 0.15) is 17.0 Å². The maximum Gasteiger partial charge on any atom is 0.170 e. The number of hydrogen-bond donors (Lipinski definition) is 1. The Morgan fingerprint density at radius 2 is 2.43 bits per heavy atom. The first-order chi connectivity index (χ1) is 6.90. The van der Waals surface area contributed by atoms with E-state index in [2.05, 4.69) is 24.3 Å². The van der Waals surface area contributed by atoms with Gasteiger partial charge in [-0.25, -0.2) is 4.98 Å². The maximum absolute atomic E-state index is 4.08. The molecular weight excluding hydrogens is 238 g/mol. The van der Waals surface area contributed by atoms with Crippen molar-refractivity contribution in [3.63, 3.8) is 0 Å². The molecule has 0 aromatic carbocycles. The summed E-state index contributed by atoms with van der Waals surface area (Å²) < 4.78 is 8.76. The highest BCUT2D eigenvalue weighted by molar-refractivity contribution is 8.00. The molecule has 0 spiro atoms. The zero-order valence-corrected chi connectivity index (χ0v) is 9.75. The minimum Gasteiger partial charge on any atom is -0.377 e. The maximum atomic E-state index is 4.08. The Morgan fingerprint density at radius 1 is 1.50 bits per heavy atom. The van der Waals surface area contributed by atoms with Gasteiger partial charge in [0.2, 0.25) is 0 Å². The number of nitrogens with one attached hydrogen (secondary N) is 1. The molecule has 8 heteroatoms. The van der Waals surface area contributed by atoms with Crippen LogP contribution in [0.4, 0.5) is 5.00 Å². The van der Waals surface area contributed by atoms with E-state index in [4.69, 9.17) is 0 Å². The van der Waals surface area contributed by atoms with Gasteiger partial charge in [0.25, 0.3) is 0 Å². The van der Waals surface area contributed by atoms with Gasteiger partial charge in [-0.05, 0) is 11.5 Å². The summed E-state index contributed by atoms with van der Waals surface area (Å²) in [7, 11) is 1.87. The number of anilines is 1. The van der Waals surface area contributed by atoms with Crippen molar-refractivity contribution in [1.29, 1.82) is 0 Å². The van der Waals surface area contributed by atoms with Crippen LogP contribution in [0.5, 0.6) is 0 Å². The monoisotopic (exact) mass is 245 g/mol. The largest absolute Gasteiger partial charge is 0.377 e. The molecule has 2 aromatic heterocycles. The molecule has 2 rings (SSSR count). The second-order valence-corrected chi connectivity index (χ2v) is 5.05. The molecular formula is C6H7N5S3. The van der Waals surface area contributed by atoms with Gasteiger partial charge in [0, 0.05) is 24.3 Å². The fraction of sp³-hybridized carbons (Fsp3) is 0.333. The van der Waals surface area contributed by atoms with E-state index < -0.39 is 0 Å². The molecule has 2 heterocycles. The summed E-state index contributed by atoms with van der Waals surface area (Å²) in [5.74, 6) is 0.780. The van der Waals surface area contributed by atoms with Crippen molar-refractivity contribution >= 4 is 39.8 Å². The van der Waals surface area contributed by atoms with Crippen molar-refractivity contribution in [2.75, 3.05) is 12.4 Å². The molecule has 0 bridgehead atoms. The fourth-order valence-corrected chi connectivity index (χ4v) is 2.85. The molecule has 0 amide bonds. The summed E-state index contributed by atoms with van der Waals surface area (Å²) in [6.45, 7) is 0. The zero-order chi connectivity index (χ0) is 9.80. The molecule has 1 N–H and O–H groups in total. The first kappa shape index (κ1) is 9.81. The van der Waals surface area contributed by atoms with Crippen molar-refractivity contribution in [2.24, 2.45) is 0 Å². The minimum atomic E-state index is 0.780. The van der Waals surface area contributed by atoms with Crippen LogP contribution in [0.1, 0.15) is 5.69 Å².